The lowest BCUT2D eigenvalue weighted by Gasteiger charge is -2.25. The number of alkyl halides is 7. The summed E-state index contributed by atoms with van der Waals surface area (Å²) in [5.41, 5.74) is 0. The number of hydrogen-bond donors (Lipinski definition) is 1. The molecule has 1 N–H and O–H groups in total. The smallest absolute Gasteiger partial charge is 0.262 e. The monoisotopic (exact) mass is 282 g/mol. The zero-order valence-electron chi connectivity index (χ0n) is 6.63. The lowest BCUT2D eigenvalue weighted by atomic mass is 10.3. The molecule has 0 fully saturated rings. The van der Waals surface area contributed by atoms with Gasteiger partial charge in [0.1, 0.15) is 0 Å². The Balaban J connectivity index is 4.93. The first-order valence-corrected chi connectivity index (χ1v) is 4.24. The highest BCUT2D eigenvalue weighted by Crippen LogP contribution is 2.47. The molecule has 0 heterocycles. The Morgan fingerprint density at radius 1 is 0.938 bits per heavy atom. The molecular weight excluding hydrogens is 281 g/mol. The maximum Gasteiger partial charge on any atom is 0.462 e. The zero-order valence-corrected chi connectivity index (χ0v) is 7.45. The van der Waals surface area contributed by atoms with Gasteiger partial charge in [0.15, 0.2) is 0 Å². The SMILES string of the molecule is O=S(=O)(O)OOC(F)(F)C(F)(F)C(F)(F)F. The molecule has 0 aromatic rings. The summed E-state index contributed by atoms with van der Waals surface area (Å²) in [5.74, 6) is -6.70. The summed E-state index contributed by atoms with van der Waals surface area (Å²) in [6, 6.07) is 0. The van der Waals surface area contributed by atoms with Gasteiger partial charge >= 0.3 is 28.6 Å². The second kappa shape index (κ2) is 3.97. The van der Waals surface area contributed by atoms with Crippen LogP contribution in [0.1, 0.15) is 0 Å². The van der Waals surface area contributed by atoms with Gasteiger partial charge in [0.2, 0.25) is 0 Å². The molecule has 5 nitrogen and oxygen atoms in total. The van der Waals surface area contributed by atoms with Crippen LogP contribution in [0.5, 0.6) is 0 Å². The molecule has 0 aliphatic carbocycles. The molecule has 98 valence electrons. The van der Waals surface area contributed by atoms with Gasteiger partial charge in [0, 0.05) is 0 Å². The summed E-state index contributed by atoms with van der Waals surface area (Å²) in [6.45, 7) is 0. The molecule has 0 saturated carbocycles. The van der Waals surface area contributed by atoms with Crippen molar-refractivity contribution in [3.8, 4) is 0 Å². The fourth-order valence-electron chi connectivity index (χ4n) is 0.303. The quantitative estimate of drug-likeness (QED) is 0.366. The van der Waals surface area contributed by atoms with Crippen LogP contribution in [-0.4, -0.2) is 31.2 Å². The third-order valence-electron chi connectivity index (χ3n) is 0.946. The first kappa shape index (κ1) is 15.3. The second-order valence-corrected chi connectivity index (χ2v) is 3.16. The average molecular weight is 282 g/mol. The predicted molar refractivity (Wildman–Crippen MR) is 29.7 cm³/mol. The minimum Gasteiger partial charge on any atom is -0.262 e. The predicted octanol–water partition coefficient (Wildman–Crippen LogP) is 1.53. The molecule has 0 bridgehead atoms. The Morgan fingerprint density at radius 2 is 1.31 bits per heavy atom. The molecule has 0 amide bonds. The van der Waals surface area contributed by atoms with Crippen LogP contribution in [-0.2, 0) is 19.6 Å². The lowest BCUT2D eigenvalue weighted by molar-refractivity contribution is -0.488. The summed E-state index contributed by atoms with van der Waals surface area (Å²) in [6.07, 6.45) is -13.0. The molecule has 0 aliphatic rings. The normalized spacial score (nSPS) is 15.2. The highest BCUT2D eigenvalue weighted by Gasteiger charge is 2.75. The van der Waals surface area contributed by atoms with Crippen LogP contribution in [0, 0.1) is 0 Å². The Labute approximate surface area is 82.6 Å². The van der Waals surface area contributed by atoms with E-state index >= 15 is 0 Å². The highest BCUT2D eigenvalue weighted by molar-refractivity contribution is 7.80. The van der Waals surface area contributed by atoms with Crippen LogP contribution in [0.4, 0.5) is 30.7 Å². The summed E-state index contributed by atoms with van der Waals surface area (Å²) < 4.78 is 111. The van der Waals surface area contributed by atoms with E-state index in [1.807, 2.05) is 4.89 Å². The van der Waals surface area contributed by atoms with Gasteiger partial charge < -0.3 is 0 Å². The van der Waals surface area contributed by atoms with Crippen molar-refractivity contribution in [1.29, 1.82) is 0 Å². The van der Waals surface area contributed by atoms with E-state index in [1.54, 1.807) is 0 Å². The second-order valence-electron chi connectivity index (χ2n) is 2.17. The first-order valence-electron chi connectivity index (χ1n) is 2.88. The van der Waals surface area contributed by atoms with Crippen LogP contribution >= 0.6 is 0 Å². The van der Waals surface area contributed by atoms with Gasteiger partial charge in [0.25, 0.3) is 0 Å². The molecule has 0 unspecified atom stereocenters. The number of rotatable bonds is 4. The summed E-state index contributed by atoms with van der Waals surface area (Å²) in [7, 11) is -5.77. The minimum atomic E-state index is -6.71. The Bertz CT molecular complexity index is 344. The van der Waals surface area contributed by atoms with Crippen LogP contribution in [0.15, 0.2) is 0 Å². The number of halogens is 7. The Morgan fingerprint density at radius 3 is 1.56 bits per heavy atom. The van der Waals surface area contributed by atoms with Gasteiger partial charge in [0.05, 0.1) is 0 Å². The molecule has 13 heteroatoms. The fourth-order valence-corrected chi connectivity index (χ4v) is 0.474. The van der Waals surface area contributed by atoms with Crippen molar-refractivity contribution in [2.45, 2.75) is 18.2 Å². The van der Waals surface area contributed by atoms with Gasteiger partial charge in [-0.3, -0.25) is 4.55 Å². The van der Waals surface area contributed by atoms with Crippen LogP contribution in [0.25, 0.3) is 0 Å². The summed E-state index contributed by atoms with van der Waals surface area (Å²) >= 11 is 0. The van der Waals surface area contributed by atoms with Crippen LogP contribution in [0.3, 0.4) is 0 Å². The summed E-state index contributed by atoms with van der Waals surface area (Å²) in [5, 5.41) is 0. The molecule has 0 aromatic heterocycles. The van der Waals surface area contributed by atoms with Crippen molar-refractivity contribution in [1.82, 2.24) is 0 Å². The van der Waals surface area contributed by atoms with E-state index in [2.05, 4.69) is 4.33 Å². The molecular formula is C3HF7O5S. The molecule has 0 aliphatic heterocycles. The zero-order chi connectivity index (χ0) is 13.4. The largest absolute Gasteiger partial charge is 0.462 e. The van der Waals surface area contributed by atoms with E-state index in [-0.39, 0.29) is 0 Å². The van der Waals surface area contributed by atoms with Gasteiger partial charge in [-0.15, -0.1) is 4.89 Å². The molecule has 0 rings (SSSR count). The van der Waals surface area contributed by atoms with Gasteiger partial charge in [-0.2, -0.15) is 39.2 Å². The van der Waals surface area contributed by atoms with E-state index < -0.39 is 28.6 Å². The van der Waals surface area contributed by atoms with E-state index in [1.165, 1.54) is 0 Å². The van der Waals surface area contributed by atoms with E-state index in [0.717, 1.165) is 0 Å². The lowest BCUT2D eigenvalue weighted by Crippen LogP contribution is -2.53. The van der Waals surface area contributed by atoms with E-state index in [0.29, 0.717) is 0 Å². The standard InChI is InChI=1S/C3HF7O5S/c4-1(5,2(6,7)8)3(9,10)14-15-16(11,12)13/h(H,11,12,13). The summed E-state index contributed by atoms with van der Waals surface area (Å²) in [4.78, 5) is 2.04. The molecule has 0 atom stereocenters. The molecule has 0 saturated heterocycles. The topological polar surface area (TPSA) is 72.8 Å². The highest BCUT2D eigenvalue weighted by atomic mass is 32.3. The maximum atomic E-state index is 12.0. The Hall–Kier alpha value is -0.660. The molecule has 0 radical (unpaired) electrons. The average Bonchev–Trinajstić information content (AvgIpc) is 1.97. The fraction of sp³-hybridized carbons (Fsp3) is 1.00. The van der Waals surface area contributed by atoms with Crippen molar-refractivity contribution >= 4 is 10.4 Å². The van der Waals surface area contributed by atoms with Crippen molar-refractivity contribution in [2.75, 3.05) is 0 Å². The molecule has 16 heavy (non-hydrogen) atoms. The van der Waals surface area contributed by atoms with Crippen molar-refractivity contribution in [3.05, 3.63) is 0 Å². The third-order valence-corrected chi connectivity index (χ3v) is 1.19. The van der Waals surface area contributed by atoms with Crippen molar-refractivity contribution < 1.29 is 52.9 Å². The third kappa shape index (κ3) is 3.43. The van der Waals surface area contributed by atoms with Crippen LogP contribution in [0.2, 0.25) is 0 Å². The minimum absolute atomic E-state index is 2.04. The van der Waals surface area contributed by atoms with Crippen LogP contribution < -0.4 is 0 Å². The molecule has 0 spiro atoms. The molecule has 0 aromatic carbocycles. The Kier molecular flexibility index (Phi) is 3.81. The number of hydrogen-bond acceptors (Lipinski definition) is 4. The van der Waals surface area contributed by atoms with Gasteiger partial charge in [-0.05, 0) is 0 Å². The van der Waals surface area contributed by atoms with Crippen molar-refractivity contribution in [2.24, 2.45) is 0 Å². The van der Waals surface area contributed by atoms with Crippen molar-refractivity contribution in [3.63, 3.8) is 0 Å². The van der Waals surface area contributed by atoms with E-state index in [4.69, 9.17) is 4.55 Å². The van der Waals surface area contributed by atoms with Gasteiger partial charge in [-0.1, -0.05) is 4.33 Å². The van der Waals surface area contributed by atoms with E-state index in [9.17, 15) is 39.2 Å². The first-order chi connectivity index (χ1) is 6.71. The van der Waals surface area contributed by atoms with Gasteiger partial charge in [-0.25, -0.2) is 0 Å². The maximum absolute atomic E-state index is 12.0.